The van der Waals surface area contributed by atoms with E-state index in [4.69, 9.17) is 16.3 Å². The summed E-state index contributed by atoms with van der Waals surface area (Å²) < 4.78 is 5.78. The number of methoxy groups -OCH3 is 1. The second kappa shape index (κ2) is 6.08. The Hall–Kier alpha value is -1.52. The standard InChI is InChI=1S/C14H14ClNO2S/c1-9(10-4-3-5-11(8-10)18-2)16-14(17)12-6-7-13(15)19-12/h3-9H,1-2H3,(H,16,17)/t9-/m0/s1. The Morgan fingerprint density at radius 3 is 2.79 bits per heavy atom. The van der Waals surface area contributed by atoms with Crippen LogP contribution in [0.1, 0.15) is 28.2 Å². The molecule has 1 aromatic carbocycles. The summed E-state index contributed by atoms with van der Waals surface area (Å²) in [6, 6.07) is 11.0. The van der Waals surface area contributed by atoms with Gasteiger partial charge in [0, 0.05) is 0 Å². The number of hydrogen-bond acceptors (Lipinski definition) is 3. The minimum atomic E-state index is -0.118. The molecular formula is C14H14ClNO2S. The molecule has 0 aliphatic rings. The maximum absolute atomic E-state index is 12.0. The van der Waals surface area contributed by atoms with Crippen LogP contribution in [0.3, 0.4) is 0 Å². The van der Waals surface area contributed by atoms with E-state index in [-0.39, 0.29) is 11.9 Å². The quantitative estimate of drug-likeness (QED) is 0.929. The van der Waals surface area contributed by atoms with Crippen molar-refractivity contribution >= 4 is 28.8 Å². The Balaban J connectivity index is 2.08. The van der Waals surface area contributed by atoms with Crippen LogP contribution in [0.2, 0.25) is 4.34 Å². The minimum Gasteiger partial charge on any atom is -0.497 e. The number of nitrogens with one attached hydrogen (secondary N) is 1. The third-order valence-electron chi connectivity index (χ3n) is 2.74. The van der Waals surface area contributed by atoms with Gasteiger partial charge in [0.2, 0.25) is 0 Å². The normalized spacial score (nSPS) is 11.9. The number of ether oxygens (including phenoxy) is 1. The van der Waals surface area contributed by atoms with Gasteiger partial charge in [-0.1, -0.05) is 23.7 Å². The van der Waals surface area contributed by atoms with Crippen LogP contribution in [0.5, 0.6) is 5.75 Å². The molecule has 0 spiro atoms. The van der Waals surface area contributed by atoms with Crippen molar-refractivity contribution < 1.29 is 9.53 Å². The van der Waals surface area contributed by atoms with Crippen LogP contribution in [-0.2, 0) is 0 Å². The van der Waals surface area contributed by atoms with Gasteiger partial charge in [0.15, 0.2) is 0 Å². The smallest absolute Gasteiger partial charge is 0.261 e. The van der Waals surface area contributed by atoms with Crippen molar-refractivity contribution in [1.82, 2.24) is 5.32 Å². The van der Waals surface area contributed by atoms with Crippen molar-refractivity contribution in [3.05, 3.63) is 51.2 Å². The number of rotatable bonds is 4. The minimum absolute atomic E-state index is 0.0940. The molecule has 100 valence electrons. The lowest BCUT2D eigenvalue weighted by Gasteiger charge is -2.14. The highest BCUT2D eigenvalue weighted by Crippen LogP contribution is 2.23. The summed E-state index contributed by atoms with van der Waals surface area (Å²) in [4.78, 5) is 12.6. The average molecular weight is 296 g/mol. The topological polar surface area (TPSA) is 38.3 Å². The monoisotopic (exact) mass is 295 g/mol. The van der Waals surface area contributed by atoms with E-state index in [2.05, 4.69) is 5.32 Å². The molecule has 0 aliphatic heterocycles. The summed E-state index contributed by atoms with van der Waals surface area (Å²) in [5.74, 6) is 0.657. The summed E-state index contributed by atoms with van der Waals surface area (Å²) in [6.45, 7) is 1.93. The second-order valence-corrected chi connectivity index (χ2v) is 5.79. The van der Waals surface area contributed by atoms with Crippen LogP contribution in [0, 0.1) is 0 Å². The van der Waals surface area contributed by atoms with Gasteiger partial charge in [0.05, 0.1) is 22.4 Å². The van der Waals surface area contributed by atoms with Gasteiger partial charge in [-0.05, 0) is 36.8 Å². The van der Waals surface area contributed by atoms with Crippen LogP contribution >= 0.6 is 22.9 Å². The SMILES string of the molecule is COc1cccc([C@H](C)NC(=O)c2ccc(Cl)s2)c1. The van der Waals surface area contributed by atoms with Gasteiger partial charge in [-0.25, -0.2) is 0 Å². The fourth-order valence-corrected chi connectivity index (χ4v) is 2.64. The first-order chi connectivity index (χ1) is 9.10. The molecule has 3 nitrogen and oxygen atoms in total. The van der Waals surface area contributed by atoms with Crippen molar-refractivity contribution in [2.75, 3.05) is 7.11 Å². The molecular weight excluding hydrogens is 282 g/mol. The maximum Gasteiger partial charge on any atom is 0.261 e. The third kappa shape index (κ3) is 3.49. The fourth-order valence-electron chi connectivity index (χ4n) is 1.70. The molecule has 0 radical (unpaired) electrons. The largest absolute Gasteiger partial charge is 0.497 e. The first-order valence-corrected chi connectivity index (χ1v) is 6.99. The van der Waals surface area contributed by atoms with E-state index < -0.39 is 0 Å². The zero-order chi connectivity index (χ0) is 13.8. The summed E-state index contributed by atoms with van der Waals surface area (Å²) in [5, 5.41) is 2.93. The highest BCUT2D eigenvalue weighted by atomic mass is 35.5. The van der Waals surface area contributed by atoms with Gasteiger partial charge < -0.3 is 10.1 Å². The third-order valence-corrected chi connectivity index (χ3v) is 3.97. The zero-order valence-corrected chi connectivity index (χ0v) is 12.2. The van der Waals surface area contributed by atoms with Crippen molar-refractivity contribution in [2.24, 2.45) is 0 Å². The summed E-state index contributed by atoms with van der Waals surface area (Å²) in [5.41, 5.74) is 0.996. The lowest BCUT2D eigenvalue weighted by Crippen LogP contribution is -2.25. The molecule has 0 saturated carbocycles. The van der Waals surface area contributed by atoms with E-state index in [1.807, 2.05) is 31.2 Å². The molecule has 1 heterocycles. The Morgan fingerprint density at radius 1 is 1.37 bits per heavy atom. The zero-order valence-electron chi connectivity index (χ0n) is 10.6. The Labute approximate surface area is 121 Å². The van der Waals surface area contributed by atoms with Crippen LogP contribution < -0.4 is 10.1 Å². The first-order valence-electron chi connectivity index (χ1n) is 5.80. The highest BCUT2D eigenvalue weighted by molar-refractivity contribution is 7.17. The van der Waals surface area contributed by atoms with Gasteiger partial charge in [-0.3, -0.25) is 4.79 Å². The van der Waals surface area contributed by atoms with E-state index >= 15 is 0 Å². The first kappa shape index (κ1) is 13.9. The van der Waals surface area contributed by atoms with E-state index in [1.54, 1.807) is 19.2 Å². The predicted octanol–water partition coefficient (Wildman–Crippen LogP) is 3.90. The van der Waals surface area contributed by atoms with Crippen LogP contribution in [0.25, 0.3) is 0 Å². The Morgan fingerprint density at radius 2 is 2.16 bits per heavy atom. The Kier molecular flexibility index (Phi) is 4.45. The van der Waals surface area contributed by atoms with Crippen LogP contribution in [0.4, 0.5) is 0 Å². The van der Waals surface area contributed by atoms with E-state index in [9.17, 15) is 4.79 Å². The van der Waals surface area contributed by atoms with E-state index in [0.717, 1.165) is 11.3 Å². The molecule has 0 aliphatic carbocycles. The van der Waals surface area contributed by atoms with E-state index in [0.29, 0.717) is 9.21 Å². The number of amides is 1. The number of hydrogen-bond donors (Lipinski definition) is 1. The molecule has 2 rings (SSSR count). The number of benzene rings is 1. The molecule has 0 bridgehead atoms. The van der Waals surface area contributed by atoms with Crippen LogP contribution in [0.15, 0.2) is 36.4 Å². The lowest BCUT2D eigenvalue weighted by molar-refractivity contribution is 0.0944. The van der Waals surface area contributed by atoms with Gasteiger partial charge in [-0.15, -0.1) is 11.3 Å². The van der Waals surface area contributed by atoms with Gasteiger partial charge >= 0.3 is 0 Å². The Bertz CT molecular complexity index is 582. The van der Waals surface area contributed by atoms with Gasteiger partial charge in [-0.2, -0.15) is 0 Å². The number of carbonyl (C=O) groups excluding carboxylic acids is 1. The summed E-state index contributed by atoms with van der Waals surface area (Å²) >= 11 is 7.09. The molecule has 0 unspecified atom stereocenters. The average Bonchev–Trinajstić information content (AvgIpc) is 2.85. The van der Waals surface area contributed by atoms with Gasteiger partial charge in [0.1, 0.15) is 5.75 Å². The van der Waals surface area contributed by atoms with Gasteiger partial charge in [0.25, 0.3) is 5.91 Å². The van der Waals surface area contributed by atoms with E-state index in [1.165, 1.54) is 11.3 Å². The number of thiophene rings is 1. The molecule has 5 heteroatoms. The molecule has 0 fully saturated rings. The predicted molar refractivity (Wildman–Crippen MR) is 78.2 cm³/mol. The molecule has 1 atom stereocenters. The number of carbonyl (C=O) groups is 1. The number of halogens is 1. The van der Waals surface area contributed by atoms with Crippen molar-refractivity contribution in [1.29, 1.82) is 0 Å². The van der Waals surface area contributed by atoms with Crippen LogP contribution in [-0.4, -0.2) is 13.0 Å². The molecule has 1 N–H and O–H groups in total. The van der Waals surface area contributed by atoms with Crippen molar-refractivity contribution in [3.63, 3.8) is 0 Å². The van der Waals surface area contributed by atoms with Crippen molar-refractivity contribution in [3.8, 4) is 5.75 Å². The molecule has 19 heavy (non-hydrogen) atoms. The fraction of sp³-hybridized carbons (Fsp3) is 0.214. The molecule has 1 aromatic heterocycles. The summed E-state index contributed by atoms with van der Waals surface area (Å²) in [7, 11) is 1.62. The molecule has 1 amide bonds. The maximum atomic E-state index is 12.0. The second-order valence-electron chi connectivity index (χ2n) is 4.08. The van der Waals surface area contributed by atoms with Crippen molar-refractivity contribution in [2.45, 2.75) is 13.0 Å². The molecule has 0 saturated heterocycles. The lowest BCUT2D eigenvalue weighted by atomic mass is 10.1. The molecule has 2 aromatic rings. The highest BCUT2D eigenvalue weighted by Gasteiger charge is 2.13. The summed E-state index contributed by atoms with van der Waals surface area (Å²) in [6.07, 6.45) is 0.